The predicted molar refractivity (Wildman–Crippen MR) is 161 cm³/mol. The molecule has 1 aliphatic heterocycles. The summed E-state index contributed by atoms with van der Waals surface area (Å²) in [7, 11) is 4.05. The van der Waals surface area contributed by atoms with Crippen molar-refractivity contribution in [2.45, 2.75) is 122 Å². The van der Waals surface area contributed by atoms with E-state index in [0.29, 0.717) is 25.5 Å². The Bertz CT molecular complexity index is 663. The van der Waals surface area contributed by atoms with Gasteiger partial charge in [-0.15, -0.1) is 0 Å². The summed E-state index contributed by atoms with van der Waals surface area (Å²) in [5.74, 6) is 0.314. The molecule has 1 aromatic heterocycles. The van der Waals surface area contributed by atoms with Crippen LogP contribution in [0.15, 0.2) is 30.6 Å². The predicted octanol–water partition coefficient (Wildman–Crippen LogP) is 6.88. The molecule has 1 atom stereocenters. The zero-order valence-electron chi connectivity index (χ0n) is 25.4. The second kappa shape index (κ2) is 25.0. The van der Waals surface area contributed by atoms with Gasteiger partial charge in [0.1, 0.15) is 0 Å². The summed E-state index contributed by atoms with van der Waals surface area (Å²) in [5, 5.41) is 1.41. The summed E-state index contributed by atoms with van der Waals surface area (Å²) >= 11 is 0. The van der Waals surface area contributed by atoms with Crippen LogP contribution in [-0.4, -0.2) is 78.5 Å². The van der Waals surface area contributed by atoms with Gasteiger partial charge in [0.15, 0.2) is 0 Å². The van der Waals surface area contributed by atoms with Crippen molar-refractivity contribution >= 4 is 12.3 Å². The van der Waals surface area contributed by atoms with Gasteiger partial charge in [-0.2, -0.15) is 0 Å². The SMILES string of the molecule is CCCCCCCCCCCCCC(=O)N1CCCCC1CCON(C=O)CCCN(C)C.c1ccncc1. The molecule has 1 fully saturated rings. The third kappa shape index (κ3) is 19.7. The number of amides is 2. The number of carbonyl (C=O) groups is 2. The number of nitrogens with zero attached hydrogens (tertiary/aromatic N) is 4. The van der Waals surface area contributed by atoms with Gasteiger partial charge in [-0.1, -0.05) is 77.2 Å². The Labute approximate surface area is 239 Å². The maximum absolute atomic E-state index is 12.8. The van der Waals surface area contributed by atoms with Crippen LogP contribution < -0.4 is 0 Å². The van der Waals surface area contributed by atoms with Crippen LogP contribution in [0.3, 0.4) is 0 Å². The van der Waals surface area contributed by atoms with Crippen LogP contribution in [0.25, 0.3) is 0 Å². The molecule has 1 unspecified atom stereocenters. The van der Waals surface area contributed by atoms with Gasteiger partial charge in [0.2, 0.25) is 12.3 Å². The second-order valence-electron chi connectivity index (χ2n) is 11.1. The number of unbranched alkanes of at least 4 members (excludes halogenated alkanes) is 10. The van der Waals surface area contributed by atoms with Gasteiger partial charge in [0.25, 0.3) is 0 Å². The van der Waals surface area contributed by atoms with Crippen molar-refractivity contribution in [3.8, 4) is 0 Å². The number of hydroxylamine groups is 2. The minimum atomic E-state index is 0.259. The van der Waals surface area contributed by atoms with Crippen molar-refractivity contribution in [3.05, 3.63) is 30.6 Å². The highest BCUT2D eigenvalue weighted by Crippen LogP contribution is 2.22. The second-order valence-corrected chi connectivity index (χ2v) is 11.1. The Morgan fingerprint density at radius 1 is 0.897 bits per heavy atom. The molecule has 0 saturated carbocycles. The van der Waals surface area contributed by atoms with E-state index in [0.717, 1.165) is 51.6 Å². The summed E-state index contributed by atoms with van der Waals surface area (Å²) in [4.78, 5) is 37.8. The molecule has 0 radical (unpaired) electrons. The number of piperidine rings is 1. The van der Waals surface area contributed by atoms with E-state index in [4.69, 9.17) is 4.84 Å². The van der Waals surface area contributed by atoms with Crippen molar-refractivity contribution < 1.29 is 14.4 Å². The quantitative estimate of drug-likeness (QED) is 0.0955. The molecule has 0 spiro atoms. The highest BCUT2D eigenvalue weighted by Gasteiger charge is 2.26. The first-order valence-corrected chi connectivity index (χ1v) is 15.7. The lowest BCUT2D eigenvalue weighted by Gasteiger charge is -2.36. The molecule has 0 aromatic carbocycles. The lowest BCUT2D eigenvalue weighted by Crippen LogP contribution is -2.44. The summed E-state index contributed by atoms with van der Waals surface area (Å²) in [6, 6.07) is 5.97. The Morgan fingerprint density at radius 3 is 2.08 bits per heavy atom. The highest BCUT2D eigenvalue weighted by molar-refractivity contribution is 5.76. The molecule has 2 heterocycles. The molecular weight excluding hydrogens is 488 g/mol. The Kier molecular flexibility index (Phi) is 22.5. The fourth-order valence-corrected chi connectivity index (χ4v) is 5.02. The summed E-state index contributed by atoms with van der Waals surface area (Å²) in [6.07, 6.45) is 24.3. The molecule has 7 heteroatoms. The zero-order valence-corrected chi connectivity index (χ0v) is 25.4. The number of rotatable bonds is 21. The zero-order chi connectivity index (χ0) is 28.4. The van der Waals surface area contributed by atoms with Gasteiger partial charge in [-0.25, -0.2) is 5.06 Å². The first-order valence-electron chi connectivity index (χ1n) is 15.7. The minimum Gasteiger partial charge on any atom is -0.340 e. The van der Waals surface area contributed by atoms with E-state index in [-0.39, 0.29) is 6.04 Å². The van der Waals surface area contributed by atoms with E-state index >= 15 is 0 Å². The van der Waals surface area contributed by atoms with Crippen LogP contribution in [0.2, 0.25) is 0 Å². The van der Waals surface area contributed by atoms with Crippen molar-refractivity contribution in [1.29, 1.82) is 0 Å². The lowest BCUT2D eigenvalue weighted by atomic mass is 9.98. The monoisotopic (exact) mass is 546 g/mol. The van der Waals surface area contributed by atoms with E-state index < -0.39 is 0 Å². The Morgan fingerprint density at radius 2 is 1.54 bits per heavy atom. The third-order valence-electron chi connectivity index (χ3n) is 7.32. The molecule has 2 rings (SSSR count). The van der Waals surface area contributed by atoms with Gasteiger partial charge in [0.05, 0.1) is 6.61 Å². The molecule has 0 N–H and O–H groups in total. The molecule has 224 valence electrons. The Hall–Kier alpha value is -1.99. The van der Waals surface area contributed by atoms with Gasteiger partial charge in [0, 0.05) is 37.9 Å². The molecule has 1 aliphatic rings. The standard InChI is InChI=1S/C27H53N3O3.C5H5N/c1-4-5-6-7-8-9-10-11-12-13-14-19-27(32)30-23-16-15-18-26(30)20-24-33-29(25-31)22-17-21-28(2)3;1-2-4-6-5-3-1/h25-26H,4-24H2,1-3H3;1-5H. The molecule has 7 nitrogen and oxygen atoms in total. The first kappa shape index (κ1) is 35.0. The number of hydrogen-bond donors (Lipinski definition) is 0. The van der Waals surface area contributed by atoms with Gasteiger partial charge < -0.3 is 9.80 Å². The minimum absolute atomic E-state index is 0.259. The van der Waals surface area contributed by atoms with Crippen LogP contribution in [0, 0.1) is 0 Å². The number of carbonyl (C=O) groups excluding carboxylic acids is 2. The van der Waals surface area contributed by atoms with E-state index in [1.54, 1.807) is 12.4 Å². The maximum Gasteiger partial charge on any atom is 0.233 e. The fraction of sp³-hybridized carbons (Fsp3) is 0.781. The van der Waals surface area contributed by atoms with Crippen LogP contribution in [0.4, 0.5) is 0 Å². The summed E-state index contributed by atoms with van der Waals surface area (Å²) < 4.78 is 0. The van der Waals surface area contributed by atoms with Crippen molar-refractivity contribution in [1.82, 2.24) is 19.8 Å². The average Bonchev–Trinajstić information content (AvgIpc) is 2.96. The first-order chi connectivity index (χ1) is 19.1. The maximum atomic E-state index is 12.8. The van der Waals surface area contributed by atoms with E-state index in [2.05, 4.69) is 21.7 Å². The highest BCUT2D eigenvalue weighted by atomic mass is 16.7. The van der Waals surface area contributed by atoms with Crippen molar-refractivity contribution in [3.63, 3.8) is 0 Å². The lowest BCUT2D eigenvalue weighted by molar-refractivity contribution is -0.175. The average molecular weight is 547 g/mol. The molecule has 0 aliphatic carbocycles. The number of aromatic nitrogens is 1. The number of hydrogen-bond acceptors (Lipinski definition) is 5. The van der Waals surface area contributed by atoms with E-state index in [1.165, 1.54) is 75.7 Å². The molecule has 39 heavy (non-hydrogen) atoms. The molecule has 0 bridgehead atoms. The fourth-order valence-electron chi connectivity index (χ4n) is 5.02. The van der Waals surface area contributed by atoms with Gasteiger partial charge >= 0.3 is 0 Å². The molecule has 1 saturated heterocycles. The van der Waals surface area contributed by atoms with Crippen LogP contribution in [0.1, 0.15) is 116 Å². The normalized spacial score (nSPS) is 15.1. The van der Waals surface area contributed by atoms with Crippen LogP contribution in [0.5, 0.6) is 0 Å². The van der Waals surface area contributed by atoms with E-state index in [1.807, 2.05) is 32.3 Å². The summed E-state index contributed by atoms with van der Waals surface area (Å²) in [6.45, 7) is 5.17. The van der Waals surface area contributed by atoms with Gasteiger partial charge in [-0.05, 0) is 71.3 Å². The smallest absolute Gasteiger partial charge is 0.233 e. The van der Waals surface area contributed by atoms with Crippen LogP contribution >= 0.6 is 0 Å². The van der Waals surface area contributed by atoms with Crippen molar-refractivity contribution in [2.24, 2.45) is 0 Å². The number of pyridine rings is 1. The third-order valence-corrected chi connectivity index (χ3v) is 7.32. The van der Waals surface area contributed by atoms with Crippen molar-refractivity contribution in [2.75, 3.05) is 40.3 Å². The molecule has 2 amide bonds. The van der Waals surface area contributed by atoms with E-state index in [9.17, 15) is 9.59 Å². The molecule has 1 aromatic rings. The number of likely N-dealkylation sites (tertiary alicyclic amines) is 1. The van der Waals surface area contributed by atoms with Gasteiger partial charge in [-0.3, -0.25) is 19.4 Å². The largest absolute Gasteiger partial charge is 0.340 e. The topological polar surface area (TPSA) is 66.0 Å². The summed E-state index contributed by atoms with van der Waals surface area (Å²) in [5.41, 5.74) is 0. The Balaban J connectivity index is 0.00000111. The van der Waals surface area contributed by atoms with Crippen LogP contribution in [-0.2, 0) is 14.4 Å². The molecular formula is C32H58N4O3.